The zero-order chi connectivity index (χ0) is 13.3. The first-order valence-corrected chi connectivity index (χ1v) is 6.98. The summed E-state index contributed by atoms with van der Waals surface area (Å²) in [6.45, 7) is 3.45. The molecule has 1 saturated carbocycles. The van der Waals surface area contributed by atoms with Crippen molar-refractivity contribution in [2.75, 3.05) is 26.2 Å². The second-order valence-corrected chi connectivity index (χ2v) is 5.48. The van der Waals surface area contributed by atoms with Gasteiger partial charge in [0.2, 0.25) is 5.91 Å². The zero-order valence-electron chi connectivity index (χ0n) is 11.4. The number of hydrogen-bond donors (Lipinski definition) is 1. The first-order chi connectivity index (χ1) is 9.22. The third-order valence-electron chi connectivity index (χ3n) is 4.18. The molecule has 0 bridgehead atoms. The number of amides is 1. The van der Waals surface area contributed by atoms with E-state index in [4.69, 9.17) is 0 Å². The van der Waals surface area contributed by atoms with Crippen molar-refractivity contribution in [1.29, 1.82) is 0 Å². The van der Waals surface area contributed by atoms with E-state index in [1.165, 1.54) is 12.1 Å². The van der Waals surface area contributed by atoms with Crippen molar-refractivity contribution in [3.05, 3.63) is 35.6 Å². The van der Waals surface area contributed by atoms with Crippen LogP contribution in [0, 0.1) is 5.82 Å². The van der Waals surface area contributed by atoms with Crippen molar-refractivity contribution in [3.63, 3.8) is 0 Å². The summed E-state index contributed by atoms with van der Waals surface area (Å²) in [5, 5.41) is 3.31. The molecular formula is C15H20ClFN2O. The standard InChI is InChI=1S/C15H19FN2O.ClH/c16-13-4-2-12(3-5-13)15(6-7-15)14(19)18-10-1-8-17-9-11-18;/h2-5,17H,1,6-11H2;1H. The van der Waals surface area contributed by atoms with Crippen LogP contribution in [0.5, 0.6) is 0 Å². The van der Waals surface area contributed by atoms with Crippen molar-refractivity contribution < 1.29 is 9.18 Å². The van der Waals surface area contributed by atoms with Crippen LogP contribution in [0.3, 0.4) is 0 Å². The molecule has 1 heterocycles. The number of hydrogen-bond acceptors (Lipinski definition) is 2. The Morgan fingerprint density at radius 1 is 1.15 bits per heavy atom. The van der Waals surface area contributed by atoms with Crippen LogP contribution in [0.25, 0.3) is 0 Å². The van der Waals surface area contributed by atoms with Gasteiger partial charge in [0.05, 0.1) is 5.41 Å². The Balaban J connectivity index is 0.00000147. The smallest absolute Gasteiger partial charge is 0.233 e. The Bertz CT molecular complexity index is 465. The van der Waals surface area contributed by atoms with Gasteiger partial charge in [-0.05, 0) is 43.5 Å². The highest BCUT2D eigenvalue weighted by Crippen LogP contribution is 2.49. The van der Waals surface area contributed by atoms with Crippen LogP contribution < -0.4 is 5.32 Å². The maximum atomic E-state index is 13.0. The fourth-order valence-electron chi connectivity index (χ4n) is 2.87. The van der Waals surface area contributed by atoms with E-state index in [-0.39, 0.29) is 29.5 Å². The normalized spacial score (nSPS) is 20.8. The Labute approximate surface area is 124 Å². The lowest BCUT2D eigenvalue weighted by molar-refractivity contribution is -0.133. The molecule has 20 heavy (non-hydrogen) atoms. The number of nitrogens with zero attached hydrogens (tertiary/aromatic N) is 1. The highest BCUT2D eigenvalue weighted by molar-refractivity contribution is 5.91. The first-order valence-electron chi connectivity index (χ1n) is 6.98. The molecule has 1 aromatic rings. The quantitative estimate of drug-likeness (QED) is 0.907. The van der Waals surface area contributed by atoms with Gasteiger partial charge >= 0.3 is 0 Å². The van der Waals surface area contributed by atoms with Gasteiger partial charge in [0, 0.05) is 19.6 Å². The largest absolute Gasteiger partial charge is 0.341 e. The van der Waals surface area contributed by atoms with Crippen LogP contribution in [0.1, 0.15) is 24.8 Å². The lowest BCUT2D eigenvalue weighted by Crippen LogP contribution is -2.41. The first kappa shape index (κ1) is 15.3. The maximum absolute atomic E-state index is 13.0. The molecule has 0 radical (unpaired) electrons. The molecule has 5 heteroatoms. The van der Waals surface area contributed by atoms with Crippen LogP contribution in [-0.2, 0) is 10.2 Å². The predicted octanol–water partition coefficient (Wildman–Crippen LogP) is 2.10. The SMILES string of the molecule is Cl.O=C(N1CCCNCC1)C1(c2ccc(F)cc2)CC1. The Morgan fingerprint density at radius 2 is 1.85 bits per heavy atom. The second kappa shape index (κ2) is 6.10. The predicted molar refractivity (Wildman–Crippen MR) is 78.6 cm³/mol. The fourth-order valence-corrected chi connectivity index (χ4v) is 2.87. The van der Waals surface area contributed by atoms with E-state index >= 15 is 0 Å². The molecule has 0 unspecified atom stereocenters. The van der Waals surface area contributed by atoms with Crippen molar-refractivity contribution in [2.45, 2.75) is 24.7 Å². The van der Waals surface area contributed by atoms with E-state index in [0.29, 0.717) is 0 Å². The van der Waals surface area contributed by atoms with Gasteiger partial charge in [-0.25, -0.2) is 4.39 Å². The molecule has 0 atom stereocenters. The van der Waals surface area contributed by atoms with Crippen molar-refractivity contribution in [2.24, 2.45) is 0 Å². The summed E-state index contributed by atoms with van der Waals surface area (Å²) in [6.07, 6.45) is 2.79. The van der Waals surface area contributed by atoms with E-state index in [1.54, 1.807) is 12.1 Å². The summed E-state index contributed by atoms with van der Waals surface area (Å²) in [4.78, 5) is 14.7. The molecule has 1 amide bonds. The molecule has 2 fully saturated rings. The monoisotopic (exact) mass is 298 g/mol. The molecule has 1 saturated heterocycles. The van der Waals surface area contributed by atoms with E-state index in [2.05, 4.69) is 5.32 Å². The Hall–Kier alpha value is -1.13. The molecule has 2 aliphatic rings. The number of halogens is 2. The van der Waals surface area contributed by atoms with Gasteiger partial charge in [0.1, 0.15) is 5.82 Å². The highest BCUT2D eigenvalue weighted by atomic mass is 35.5. The van der Waals surface area contributed by atoms with Gasteiger partial charge in [-0.2, -0.15) is 0 Å². The number of carbonyl (C=O) groups excluding carboxylic acids is 1. The molecule has 0 spiro atoms. The average Bonchev–Trinajstić information content (AvgIpc) is 3.24. The zero-order valence-corrected chi connectivity index (χ0v) is 12.2. The molecule has 110 valence electrons. The minimum absolute atomic E-state index is 0. The molecule has 1 aliphatic heterocycles. The minimum atomic E-state index is -0.363. The summed E-state index contributed by atoms with van der Waals surface area (Å²) in [5.74, 6) is -0.0196. The summed E-state index contributed by atoms with van der Waals surface area (Å²) in [7, 11) is 0. The maximum Gasteiger partial charge on any atom is 0.233 e. The number of rotatable bonds is 2. The molecule has 3 rings (SSSR count). The Morgan fingerprint density at radius 3 is 2.50 bits per heavy atom. The molecule has 1 N–H and O–H groups in total. The molecule has 0 aromatic heterocycles. The van der Waals surface area contributed by atoms with Crippen LogP contribution in [-0.4, -0.2) is 37.0 Å². The van der Waals surface area contributed by atoms with Gasteiger partial charge in [0.15, 0.2) is 0 Å². The van der Waals surface area contributed by atoms with Gasteiger partial charge in [-0.3, -0.25) is 4.79 Å². The second-order valence-electron chi connectivity index (χ2n) is 5.48. The van der Waals surface area contributed by atoms with Crippen LogP contribution in [0.2, 0.25) is 0 Å². The summed E-state index contributed by atoms with van der Waals surface area (Å²) >= 11 is 0. The van der Waals surface area contributed by atoms with Gasteiger partial charge < -0.3 is 10.2 Å². The third kappa shape index (κ3) is 2.81. The lowest BCUT2D eigenvalue weighted by Gasteiger charge is -2.26. The van der Waals surface area contributed by atoms with E-state index in [1.807, 2.05) is 4.90 Å². The average molecular weight is 299 g/mol. The summed E-state index contributed by atoms with van der Waals surface area (Å²) in [6, 6.07) is 6.42. The fraction of sp³-hybridized carbons (Fsp3) is 0.533. The molecule has 3 nitrogen and oxygen atoms in total. The van der Waals surface area contributed by atoms with E-state index in [0.717, 1.165) is 51.0 Å². The third-order valence-corrected chi connectivity index (χ3v) is 4.18. The van der Waals surface area contributed by atoms with Gasteiger partial charge in [-0.15, -0.1) is 12.4 Å². The molecule has 1 aliphatic carbocycles. The number of nitrogens with one attached hydrogen (secondary N) is 1. The van der Waals surface area contributed by atoms with Crippen molar-refractivity contribution in [1.82, 2.24) is 10.2 Å². The Kier molecular flexibility index (Phi) is 4.66. The highest BCUT2D eigenvalue weighted by Gasteiger charge is 2.52. The van der Waals surface area contributed by atoms with Crippen LogP contribution >= 0.6 is 12.4 Å². The van der Waals surface area contributed by atoms with Gasteiger partial charge in [0.25, 0.3) is 0 Å². The van der Waals surface area contributed by atoms with E-state index < -0.39 is 0 Å². The molecular weight excluding hydrogens is 279 g/mol. The minimum Gasteiger partial charge on any atom is -0.341 e. The number of benzene rings is 1. The van der Waals surface area contributed by atoms with Crippen molar-refractivity contribution in [3.8, 4) is 0 Å². The topological polar surface area (TPSA) is 32.3 Å². The van der Waals surface area contributed by atoms with Crippen molar-refractivity contribution >= 4 is 18.3 Å². The van der Waals surface area contributed by atoms with E-state index in [9.17, 15) is 9.18 Å². The van der Waals surface area contributed by atoms with Crippen LogP contribution in [0.15, 0.2) is 24.3 Å². The molecule has 1 aromatic carbocycles. The van der Waals surface area contributed by atoms with Crippen LogP contribution in [0.4, 0.5) is 4.39 Å². The number of carbonyl (C=O) groups is 1. The lowest BCUT2D eigenvalue weighted by atomic mass is 9.94. The van der Waals surface area contributed by atoms with Gasteiger partial charge in [-0.1, -0.05) is 12.1 Å². The summed E-state index contributed by atoms with van der Waals surface area (Å²) < 4.78 is 13.0. The summed E-state index contributed by atoms with van der Waals surface area (Å²) in [5.41, 5.74) is 0.606.